The van der Waals surface area contributed by atoms with E-state index in [2.05, 4.69) is 47.3 Å². The monoisotopic (exact) mass is 385 g/mol. The predicted octanol–water partition coefficient (Wildman–Crippen LogP) is 5.15. The lowest BCUT2D eigenvalue weighted by Gasteiger charge is -2.09. The Hall–Kier alpha value is -3.60. The Labute approximate surface area is 169 Å². The highest BCUT2D eigenvalue weighted by molar-refractivity contribution is 6.03. The van der Waals surface area contributed by atoms with Crippen molar-refractivity contribution in [3.63, 3.8) is 0 Å². The van der Waals surface area contributed by atoms with E-state index in [0.29, 0.717) is 17.4 Å². The van der Waals surface area contributed by atoms with E-state index in [1.807, 2.05) is 48.5 Å². The van der Waals surface area contributed by atoms with Crippen LogP contribution in [0.3, 0.4) is 0 Å². The molecule has 1 amide bonds. The molecule has 0 saturated carbocycles. The second kappa shape index (κ2) is 7.80. The maximum Gasteiger partial charge on any atom is 0.275 e. The molecular weight excluding hydrogens is 362 g/mol. The molecule has 1 aromatic heterocycles. The lowest BCUT2D eigenvalue weighted by molar-refractivity contribution is 0.0952. The first-order chi connectivity index (χ1) is 14.1. The molecule has 5 nitrogen and oxygen atoms in total. The number of methoxy groups -OCH3 is 1. The number of aromatic nitrogens is 1. The van der Waals surface area contributed by atoms with Crippen molar-refractivity contribution in [2.75, 3.05) is 7.11 Å². The summed E-state index contributed by atoms with van der Waals surface area (Å²) in [6.45, 7) is 4.28. The number of ether oxygens (including phenoxy) is 1. The first-order valence-corrected chi connectivity index (χ1v) is 9.58. The van der Waals surface area contributed by atoms with Crippen molar-refractivity contribution in [1.29, 1.82) is 0 Å². The fourth-order valence-electron chi connectivity index (χ4n) is 3.55. The van der Waals surface area contributed by atoms with Gasteiger partial charge < -0.3 is 9.30 Å². The van der Waals surface area contributed by atoms with Crippen molar-refractivity contribution in [2.45, 2.75) is 19.9 Å². The van der Waals surface area contributed by atoms with Crippen LogP contribution in [0, 0.1) is 0 Å². The summed E-state index contributed by atoms with van der Waals surface area (Å²) >= 11 is 0. The molecule has 4 rings (SSSR count). The number of amides is 1. The molecule has 1 heterocycles. The van der Waals surface area contributed by atoms with Gasteiger partial charge in [0.05, 0.1) is 18.9 Å². The fourth-order valence-corrected chi connectivity index (χ4v) is 3.55. The van der Waals surface area contributed by atoms with Crippen LogP contribution in [0.2, 0.25) is 0 Å². The minimum atomic E-state index is -0.309. The van der Waals surface area contributed by atoms with E-state index in [-0.39, 0.29) is 5.91 Å². The van der Waals surface area contributed by atoms with Crippen LogP contribution in [0.15, 0.2) is 72.0 Å². The van der Waals surface area contributed by atoms with Crippen LogP contribution in [0.1, 0.15) is 35.8 Å². The van der Waals surface area contributed by atoms with Crippen LogP contribution in [0.5, 0.6) is 5.75 Å². The molecule has 4 aromatic rings. The number of hydrogen-bond donors (Lipinski definition) is 1. The zero-order valence-corrected chi connectivity index (χ0v) is 16.7. The Morgan fingerprint density at radius 1 is 1.07 bits per heavy atom. The second-order valence-corrected chi connectivity index (χ2v) is 7.20. The molecule has 0 aliphatic heterocycles. The normalized spacial score (nSPS) is 11.6. The van der Waals surface area contributed by atoms with Crippen LogP contribution in [-0.2, 0) is 0 Å². The summed E-state index contributed by atoms with van der Waals surface area (Å²) in [6, 6.07) is 20.1. The average Bonchev–Trinajstić information content (AvgIpc) is 3.12. The number of hydrazone groups is 1. The van der Waals surface area contributed by atoms with Crippen molar-refractivity contribution >= 4 is 33.8 Å². The Balaban J connectivity index is 1.61. The minimum absolute atomic E-state index is 0.309. The quantitative estimate of drug-likeness (QED) is 0.382. The van der Waals surface area contributed by atoms with Gasteiger partial charge in [-0.1, -0.05) is 42.5 Å². The third-order valence-electron chi connectivity index (χ3n) is 5.01. The molecule has 0 bridgehead atoms. The standard InChI is InChI=1S/C24H23N3O2/c1-16(2)27-15-19(20-10-6-7-11-22(20)27)14-25-26-24(28)21-12-17-8-4-5-9-18(17)13-23(21)29-3/h4-16H,1-3H3,(H,26,28). The Morgan fingerprint density at radius 2 is 1.76 bits per heavy atom. The summed E-state index contributed by atoms with van der Waals surface area (Å²) in [6.07, 6.45) is 3.74. The summed E-state index contributed by atoms with van der Waals surface area (Å²) in [5.41, 5.74) is 5.19. The van der Waals surface area contributed by atoms with E-state index in [1.54, 1.807) is 13.3 Å². The smallest absolute Gasteiger partial charge is 0.275 e. The average molecular weight is 385 g/mol. The van der Waals surface area contributed by atoms with Gasteiger partial charge in [-0.05, 0) is 42.8 Å². The van der Waals surface area contributed by atoms with E-state index in [1.165, 1.54) is 0 Å². The number of rotatable bonds is 5. The van der Waals surface area contributed by atoms with Gasteiger partial charge in [-0.25, -0.2) is 5.43 Å². The van der Waals surface area contributed by atoms with Crippen LogP contribution < -0.4 is 10.2 Å². The first kappa shape index (κ1) is 18.7. The molecule has 0 spiro atoms. The Morgan fingerprint density at radius 3 is 2.48 bits per heavy atom. The maximum absolute atomic E-state index is 12.7. The molecule has 0 fully saturated rings. The first-order valence-electron chi connectivity index (χ1n) is 9.58. The predicted molar refractivity (Wildman–Crippen MR) is 118 cm³/mol. The Kier molecular flexibility index (Phi) is 5.04. The molecular formula is C24H23N3O2. The van der Waals surface area contributed by atoms with Crippen LogP contribution in [0.4, 0.5) is 0 Å². The SMILES string of the molecule is COc1cc2ccccc2cc1C(=O)NN=Cc1cn(C(C)C)c2ccccc12. The van der Waals surface area contributed by atoms with Crippen molar-refractivity contribution in [3.05, 3.63) is 78.0 Å². The summed E-state index contributed by atoms with van der Waals surface area (Å²) in [4.78, 5) is 12.7. The highest BCUT2D eigenvalue weighted by Gasteiger charge is 2.13. The van der Waals surface area contributed by atoms with Gasteiger partial charge in [-0.15, -0.1) is 0 Å². The van der Waals surface area contributed by atoms with Gasteiger partial charge in [0.15, 0.2) is 0 Å². The fraction of sp³-hybridized carbons (Fsp3) is 0.167. The molecule has 0 aliphatic carbocycles. The zero-order valence-electron chi connectivity index (χ0n) is 16.7. The van der Waals surface area contributed by atoms with Gasteiger partial charge in [-0.3, -0.25) is 4.79 Å². The third-order valence-corrected chi connectivity index (χ3v) is 5.01. The number of para-hydroxylation sites is 1. The molecule has 0 saturated heterocycles. The van der Waals surface area contributed by atoms with Crippen molar-refractivity contribution in [2.24, 2.45) is 5.10 Å². The van der Waals surface area contributed by atoms with E-state index in [9.17, 15) is 4.79 Å². The van der Waals surface area contributed by atoms with Crippen molar-refractivity contribution < 1.29 is 9.53 Å². The van der Waals surface area contributed by atoms with Gasteiger partial charge in [0, 0.05) is 28.7 Å². The molecule has 0 aliphatic rings. The summed E-state index contributed by atoms with van der Waals surface area (Å²) < 4.78 is 7.61. The molecule has 29 heavy (non-hydrogen) atoms. The van der Waals surface area contributed by atoms with E-state index in [0.717, 1.165) is 27.2 Å². The van der Waals surface area contributed by atoms with Crippen LogP contribution in [0.25, 0.3) is 21.7 Å². The number of hydrogen-bond acceptors (Lipinski definition) is 3. The van der Waals surface area contributed by atoms with Crippen molar-refractivity contribution in [3.8, 4) is 5.75 Å². The van der Waals surface area contributed by atoms with Gasteiger partial charge >= 0.3 is 0 Å². The summed E-state index contributed by atoms with van der Waals surface area (Å²) in [5, 5.41) is 7.30. The molecule has 1 N–H and O–H groups in total. The molecule has 0 unspecified atom stereocenters. The molecule has 3 aromatic carbocycles. The maximum atomic E-state index is 12.7. The zero-order chi connectivity index (χ0) is 20.4. The number of carbonyl (C=O) groups is 1. The van der Waals surface area contributed by atoms with Crippen LogP contribution in [-0.4, -0.2) is 23.8 Å². The van der Waals surface area contributed by atoms with Gasteiger partial charge in [0.25, 0.3) is 5.91 Å². The van der Waals surface area contributed by atoms with Crippen LogP contribution >= 0.6 is 0 Å². The number of benzene rings is 3. The topological polar surface area (TPSA) is 55.6 Å². The highest BCUT2D eigenvalue weighted by atomic mass is 16.5. The number of nitrogens with zero attached hydrogens (tertiary/aromatic N) is 2. The number of nitrogens with one attached hydrogen (secondary N) is 1. The largest absolute Gasteiger partial charge is 0.496 e. The van der Waals surface area contributed by atoms with Gasteiger partial charge in [-0.2, -0.15) is 5.10 Å². The van der Waals surface area contributed by atoms with E-state index >= 15 is 0 Å². The van der Waals surface area contributed by atoms with Gasteiger partial charge in [0.2, 0.25) is 0 Å². The molecule has 0 radical (unpaired) electrons. The lowest BCUT2D eigenvalue weighted by atomic mass is 10.1. The number of carbonyl (C=O) groups excluding carboxylic acids is 1. The summed E-state index contributed by atoms with van der Waals surface area (Å²) in [5.74, 6) is 0.212. The number of fused-ring (bicyclic) bond motifs is 2. The molecule has 0 atom stereocenters. The minimum Gasteiger partial charge on any atom is -0.496 e. The second-order valence-electron chi connectivity index (χ2n) is 7.20. The molecule has 5 heteroatoms. The highest BCUT2D eigenvalue weighted by Crippen LogP contribution is 2.26. The summed E-state index contributed by atoms with van der Waals surface area (Å²) in [7, 11) is 1.56. The Bertz CT molecular complexity index is 1220. The van der Waals surface area contributed by atoms with E-state index in [4.69, 9.17) is 4.74 Å². The lowest BCUT2D eigenvalue weighted by Crippen LogP contribution is -2.18. The van der Waals surface area contributed by atoms with E-state index < -0.39 is 0 Å². The van der Waals surface area contributed by atoms with Gasteiger partial charge in [0.1, 0.15) is 5.75 Å². The third kappa shape index (κ3) is 3.59. The molecule has 146 valence electrons. The van der Waals surface area contributed by atoms with Crippen molar-refractivity contribution in [1.82, 2.24) is 9.99 Å².